The number of rotatable bonds is 15. The van der Waals surface area contributed by atoms with Crippen molar-refractivity contribution in [2.24, 2.45) is 23.7 Å². The molecule has 0 spiro atoms. The van der Waals surface area contributed by atoms with Gasteiger partial charge in [-0.05, 0) is 167 Å². The number of hydrogen-bond acceptors (Lipinski definition) is 9. The molecule has 2 fully saturated rings. The van der Waals surface area contributed by atoms with Crippen LogP contribution in [0.4, 0.5) is 9.18 Å². The fourth-order valence-corrected chi connectivity index (χ4v) is 8.86. The lowest BCUT2D eigenvalue weighted by atomic mass is 9.85. The number of carbonyl (C=O) groups excluding carboxylic acids is 3. The SMILES string of the molecule is COc1cc(F)cc(CN(Cc2cc(C)cc(CC(C(=O)OC(C)(C)C)C3CCNC3)c2)Cc2cc(C)cc(CC(C(=O)OC(C)(C)C)C3CCN(C(=O)OC(C)(C)C)C3)c2)c1. The molecule has 0 aromatic heterocycles. The predicted octanol–water partition coefficient (Wildman–Crippen LogP) is 9.52. The molecule has 1 N–H and O–H groups in total. The Hall–Kier alpha value is -4.48. The van der Waals surface area contributed by atoms with Crippen molar-refractivity contribution >= 4 is 18.0 Å². The average Bonchev–Trinajstić information content (AvgIpc) is 3.84. The summed E-state index contributed by atoms with van der Waals surface area (Å²) in [5, 5.41) is 3.43. The highest BCUT2D eigenvalue weighted by Crippen LogP contribution is 2.32. The molecule has 0 bridgehead atoms. The molecule has 0 aliphatic carbocycles. The van der Waals surface area contributed by atoms with Crippen molar-refractivity contribution in [2.45, 2.75) is 138 Å². The second-order valence-corrected chi connectivity index (χ2v) is 20.7. The molecule has 2 aliphatic rings. The molecular weight excluding hydrogens is 786 g/mol. The van der Waals surface area contributed by atoms with E-state index >= 15 is 0 Å². The van der Waals surface area contributed by atoms with Crippen molar-refractivity contribution < 1.29 is 37.7 Å². The smallest absolute Gasteiger partial charge is 0.410 e. The first-order valence-electron chi connectivity index (χ1n) is 22.3. The van der Waals surface area contributed by atoms with E-state index in [0.29, 0.717) is 57.7 Å². The largest absolute Gasteiger partial charge is 0.497 e. The molecule has 5 rings (SSSR count). The van der Waals surface area contributed by atoms with Crippen LogP contribution in [0.25, 0.3) is 0 Å². The highest BCUT2D eigenvalue weighted by Gasteiger charge is 2.39. The summed E-state index contributed by atoms with van der Waals surface area (Å²) in [6.07, 6.45) is 2.25. The third-order valence-electron chi connectivity index (χ3n) is 11.2. The van der Waals surface area contributed by atoms with E-state index in [-0.39, 0.29) is 41.6 Å². The Bertz CT molecular complexity index is 2020. The van der Waals surface area contributed by atoms with Crippen LogP contribution >= 0.6 is 0 Å². The average molecular weight is 858 g/mol. The van der Waals surface area contributed by atoms with Gasteiger partial charge >= 0.3 is 18.0 Å². The fourth-order valence-electron chi connectivity index (χ4n) is 8.86. The Morgan fingerprint density at radius 1 is 0.677 bits per heavy atom. The number of nitrogens with zero attached hydrogens (tertiary/aromatic N) is 2. The van der Waals surface area contributed by atoms with Crippen LogP contribution in [0.1, 0.15) is 114 Å². The molecule has 0 saturated carbocycles. The quantitative estimate of drug-likeness (QED) is 0.118. The van der Waals surface area contributed by atoms with Crippen molar-refractivity contribution in [3.05, 3.63) is 99.4 Å². The number of methoxy groups -OCH3 is 1. The van der Waals surface area contributed by atoms with Crippen LogP contribution in [0.2, 0.25) is 0 Å². The predicted molar refractivity (Wildman–Crippen MR) is 241 cm³/mol. The number of nitrogens with one attached hydrogen (secondary N) is 1. The summed E-state index contributed by atoms with van der Waals surface area (Å²) in [4.78, 5) is 44.6. The lowest BCUT2D eigenvalue weighted by molar-refractivity contribution is -0.163. The Labute approximate surface area is 370 Å². The van der Waals surface area contributed by atoms with E-state index in [1.165, 1.54) is 13.2 Å². The molecule has 3 aromatic carbocycles. The summed E-state index contributed by atoms with van der Waals surface area (Å²) in [5.74, 6) is -0.991. The van der Waals surface area contributed by atoms with Gasteiger partial charge < -0.3 is 29.2 Å². The third-order valence-corrected chi connectivity index (χ3v) is 11.2. The molecule has 2 heterocycles. The van der Waals surface area contributed by atoms with E-state index in [9.17, 15) is 18.8 Å². The number of aryl methyl sites for hydroxylation is 2. The molecule has 0 radical (unpaired) electrons. The van der Waals surface area contributed by atoms with Gasteiger partial charge in [-0.15, -0.1) is 0 Å². The molecule has 4 unspecified atom stereocenters. The lowest BCUT2D eigenvalue weighted by Crippen LogP contribution is -2.38. The molecule has 2 saturated heterocycles. The Morgan fingerprint density at radius 2 is 1.16 bits per heavy atom. The number of esters is 2. The Balaban J connectivity index is 1.44. The van der Waals surface area contributed by atoms with E-state index in [1.807, 2.05) is 68.4 Å². The van der Waals surface area contributed by atoms with Gasteiger partial charge in [0.2, 0.25) is 0 Å². The summed E-state index contributed by atoms with van der Waals surface area (Å²) >= 11 is 0. The molecule has 10 nitrogen and oxygen atoms in total. The van der Waals surface area contributed by atoms with Gasteiger partial charge in [-0.1, -0.05) is 47.5 Å². The van der Waals surface area contributed by atoms with Gasteiger partial charge in [0.05, 0.1) is 18.9 Å². The number of hydrogen-bond donors (Lipinski definition) is 1. The van der Waals surface area contributed by atoms with Crippen LogP contribution in [0.3, 0.4) is 0 Å². The normalized spacial score (nSPS) is 18.1. The van der Waals surface area contributed by atoms with E-state index in [2.05, 4.69) is 60.5 Å². The van der Waals surface area contributed by atoms with Gasteiger partial charge in [-0.25, -0.2) is 9.18 Å². The molecule has 62 heavy (non-hydrogen) atoms. The summed E-state index contributed by atoms with van der Waals surface area (Å²) in [7, 11) is 1.54. The number of ether oxygens (including phenoxy) is 4. The van der Waals surface area contributed by atoms with Gasteiger partial charge in [-0.2, -0.15) is 0 Å². The van der Waals surface area contributed by atoms with Crippen molar-refractivity contribution in [2.75, 3.05) is 33.3 Å². The minimum absolute atomic E-state index is 0.101. The monoisotopic (exact) mass is 858 g/mol. The molecule has 3 aromatic rings. The summed E-state index contributed by atoms with van der Waals surface area (Å²) in [6, 6.07) is 17.8. The van der Waals surface area contributed by atoms with E-state index in [4.69, 9.17) is 18.9 Å². The Kier molecular flexibility index (Phi) is 15.9. The zero-order chi connectivity index (χ0) is 45.6. The summed E-state index contributed by atoms with van der Waals surface area (Å²) < 4.78 is 38.0. The van der Waals surface area contributed by atoms with E-state index in [1.54, 1.807) is 11.0 Å². The molecule has 4 atom stereocenters. The van der Waals surface area contributed by atoms with Crippen LogP contribution in [0.15, 0.2) is 54.6 Å². The van der Waals surface area contributed by atoms with E-state index < -0.39 is 22.7 Å². The molecule has 2 aliphatic heterocycles. The third kappa shape index (κ3) is 15.1. The minimum Gasteiger partial charge on any atom is -0.497 e. The van der Waals surface area contributed by atoms with Gasteiger partial charge in [0, 0.05) is 38.8 Å². The molecule has 11 heteroatoms. The van der Waals surface area contributed by atoms with Crippen molar-refractivity contribution in [1.82, 2.24) is 15.1 Å². The van der Waals surface area contributed by atoms with Gasteiger partial charge in [0.25, 0.3) is 0 Å². The maximum Gasteiger partial charge on any atom is 0.410 e. The number of likely N-dealkylation sites (tertiary alicyclic amines) is 1. The highest BCUT2D eigenvalue weighted by molar-refractivity contribution is 5.75. The molecular formula is C51H72FN3O7. The maximum atomic E-state index is 14.9. The highest BCUT2D eigenvalue weighted by atomic mass is 19.1. The maximum absolute atomic E-state index is 14.9. The second kappa shape index (κ2) is 20.4. The minimum atomic E-state index is -0.670. The van der Waals surface area contributed by atoms with E-state index in [0.717, 1.165) is 58.5 Å². The van der Waals surface area contributed by atoms with Gasteiger partial charge in [0.1, 0.15) is 28.4 Å². The zero-order valence-electron chi connectivity index (χ0n) is 39.4. The molecule has 1 amide bonds. The second-order valence-electron chi connectivity index (χ2n) is 20.7. The number of carbonyl (C=O) groups is 3. The fraction of sp³-hybridized carbons (Fsp3) is 0.588. The number of amides is 1. The van der Waals surface area contributed by atoms with Crippen LogP contribution < -0.4 is 10.1 Å². The lowest BCUT2D eigenvalue weighted by Gasteiger charge is -2.28. The topological polar surface area (TPSA) is 107 Å². The van der Waals surface area contributed by atoms with Gasteiger partial charge in [-0.3, -0.25) is 14.5 Å². The summed E-state index contributed by atoms with van der Waals surface area (Å²) in [5.41, 5.74) is 5.30. The first-order chi connectivity index (χ1) is 28.9. The number of benzene rings is 3. The van der Waals surface area contributed by atoms with Crippen LogP contribution in [-0.2, 0) is 56.3 Å². The Morgan fingerprint density at radius 3 is 1.63 bits per heavy atom. The van der Waals surface area contributed by atoms with Crippen molar-refractivity contribution in [3.8, 4) is 5.75 Å². The van der Waals surface area contributed by atoms with Gasteiger partial charge in [0.15, 0.2) is 0 Å². The first-order valence-corrected chi connectivity index (χ1v) is 22.3. The first kappa shape index (κ1) is 48.6. The summed E-state index contributed by atoms with van der Waals surface area (Å²) in [6.45, 7) is 25.2. The van der Waals surface area contributed by atoms with Crippen LogP contribution in [0, 0.1) is 43.3 Å². The molecule has 340 valence electrons. The number of halogens is 1. The van der Waals surface area contributed by atoms with Crippen molar-refractivity contribution in [3.63, 3.8) is 0 Å². The standard InChI is InChI=1S/C51H72FN3O7/c1-33-17-35(25-44(40-13-15-53-28-40)46(56)60-49(3,4)5)21-37(19-33)29-54(31-39-23-42(52)27-43(24-39)59-12)30-38-20-34(2)18-36(22-38)26-45(47(57)61-50(6,7)8)41-14-16-55(32-41)48(58)62-51(9,10)11/h17-24,27,40-41,44-45,53H,13-16,25-26,28-32H2,1-12H3. The zero-order valence-corrected chi connectivity index (χ0v) is 39.4. The van der Waals surface area contributed by atoms with Crippen LogP contribution in [0.5, 0.6) is 5.75 Å². The van der Waals surface area contributed by atoms with Crippen molar-refractivity contribution in [1.29, 1.82) is 0 Å². The van der Waals surface area contributed by atoms with Crippen LogP contribution in [-0.4, -0.2) is 77.9 Å².